The lowest BCUT2D eigenvalue weighted by atomic mass is 9.12. The molecule has 2 nitrogen and oxygen atoms in total. The summed E-state index contributed by atoms with van der Waals surface area (Å²) in [5.74, 6) is 0.167. The topological polar surface area (TPSA) is 20.9 Å². The van der Waals surface area contributed by atoms with E-state index in [-0.39, 0.29) is 11.7 Å². The minimum Gasteiger partial charge on any atom is -0.287 e. The Balaban J connectivity index is 0.000000378. The van der Waals surface area contributed by atoms with Crippen molar-refractivity contribution in [1.82, 2.24) is 0 Å². The zero-order valence-electron chi connectivity index (χ0n) is 39.6. The Morgan fingerprint density at radius 2 is 0.646 bits per heavy atom. The average Bonchev–Trinajstić information content (AvgIpc) is 3.41. The van der Waals surface area contributed by atoms with E-state index in [1.165, 1.54) is 5.56 Å². The van der Waals surface area contributed by atoms with Crippen LogP contribution >= 0.6 is 0 Å². The van der Waals surface area contributed by atoms with Crippen LogP contribution in [0, 0.1) is 5.92 Å². The molecule has 0 saturated carbocycles. The second kappa shape index (κ2) is 21.1. The summed E-state index contributed by atoms with van der Waals surface area (Å²) in [5.41, 5.74) is -28.2. The Labute approximate surface area is 429 Å². The minimum atomic E-state index is -6.13. The van der Waals surface area contributed by atoms with Crippen molar-refractivity contribution < 1.29 is 115 Å². The summed E-state index contributed by atoms with van der Waals surface area (Å²) in [6.07, 6.45) is -52.8. The van der Waals surface area contributed by atoms with E-state index in [1.54, 1.807) is 0 Å². The Kier molecular flexibility index (Phi) is 16.3. The molecule has 0 fully saturated rings. The zero-order valence-corrected chi connectivity index (χ0v) is 39.6. The highest BCUT2D eigenvalue weighted by molar-refractivity contribution is 7.20. The molecule has 0 bridgehead atoms. The van der Waals surface area contributed by atoms with Crippen molar-refractivity contribution in [3.63, 3.8) is 0 Å². The molecule has 0 N–H and O–H groups in total. The van der Waals surface area contributed by atoms with Gasteiger partial charge >= 0.3 is 49.4 Å². The summed E-state index contributed by atoms with van der Waals surface area (Å²) in [6.45, 7) is 4.62. The third-order valence-corrected chi connectivity index (χ3v) is 12.3. The number of nitrogens with zero attached hydrogens (tertiary/aromatic N) is 1. The molecule has 422 valence electrons. The van der Waals surface area contributed by atoms with Gasteiger partial charge < -0.3 is 0 Å². The van der Waals surface area contributed by atoms with Crippen LogP contribution in [0.25, 0.3) is 10.8 Å². The van der Waals surface area contributed by atoms with Gasteiger partial charge in [0.2, 0.25) is 5.78 Å². The van der Waals surface area contributed by atoms with E-state index in [1.807, 2.05) is 56.4 Å². The van der Waals surface area contributed by atoms with E-state index in [0.717, 1.165) is 16.5 Å². The largest absolute Gasteiger partial charge is 0.416 e. The summed E-state index contributed by atoms with van der Waals surface area (Å²) in [4.78, 5) is 12.7. The van der Waals surface area contributed by atoms with Crippen molar-refractivity contribution in [2.24, 2.45) is 5.92 Å². The van der Waals surface area contributed by atoms with Crippen molar-refractivity contribution in [1.29, 1.82) is 0 Å². The van der Waals surface area contributed by atoms with Gasteiger partial charge in [0, 0.05) is 17.5 Å². The summed E-state index contributed by atoms with van der Waals surface area (Å²) >= 11 is 0. The van der Waals surface area contributed by atoms with E-state index in [2.05, 4.69) is 28.8 Å². The molecular weight excluding hydrogens is 1120 g/mol. The normalized spacial score (nSPS) is 13.4. The maximum Gasteiger partial charge on any atom is 0.416 e. The molecule has 0 unspecified atom stereocenters. The van der Waals surface area contributed by atoms with E-state index in [0.29, 0.717) is 6.54 Å². The summed E-state index contributed by atoms with van der Waals surface area (Å²) in [6, 6.07) is 11.6. The zero-order chi connectivity index (χ0) is 59.4. The summed E-state index contributed by atoms with van der Waals surface area (Å²) in [5, 5.41) is 2.13. The van der Waals surface area contributed by atoms with Crippen LogP contribution in [-0.4, -0.2) is 11.9 Å². The summed E-state index contributed by atoms with van der Waals surface area (Å²) < 4.78 is 343. The molecule has 1 aromatic heterocycles. The molecule has 0 aliphatic rings. The molecule has 0 aliphatic heterocycles. The van der Waals surface area contributed by atoms with Crippen LogP contribution in [0.15, 0.2) is 140 Å². The van der Waals surface area contributed by atoms with Gasteiger partial charge in [0.25, 0.3) is 5.69 Å². The summed E-state index contributed by atoms with van der Waals surface area (Å²) in [7, 11) is 0. The highest BCUT2D eigenvalue weighted by atomic mass is 19.4. The van der Waals surface area contributed by atoms with Crippen LogP contribution in [0.2, 0.25) is 0 Å². The molecule has 6 aromatic carbocycles. The predicted molar refractivity (Wildman–Crippen MR) is 239 cm³/mol. The Morgan fingerprint density at radius 3 is 0.911 bits per heavy atom. The Bertz CT molecular complexity index is 2920. The number of benzene rings is 6. The van der Waals surface area contributed by atoms with Crippen LogP contribution in [-0.2, 0) is 56.0 Å². The maximum absolute atomic E-state index is 14.2. The van der Waals surface area contributed by atoms with Gasteiger partial charge in [-0.1, -0.05) is 111 Å². The van der Waals surface area contributed by atoms with Gasteiger partial charge in [-0.2, -0.15) is 132 Å². The fourth-order valence-corrected chi connectivity index (χ4v) is 8.79. The van der Waals surface area contributed by atoms with E-state index < -0.39 is 195 Å². The van der Waals surface area contributed by atoms with Gasteiger partial charge in [-0.3, -0.25) is 4.79 Å². The van der Waals surface area contributed by atoms with Crippen LogP contribution in [0.1, 0.15) is 74.4 Å². The number of ketones is 1. The first-order chi connectivity index (χ1) is 35.9. The fourth-order valence-electron chi connectivity index (χ4n) is 8.79. The number of Topliss-reactive ketones (excluding diaryl/α,β-unsaturated/α-hetero) is 1. The molecule has 0 amide bonds. The SMILES string of the molecule is CC(C)C(=O)c1c2ccccc2cc[n+]1Cc1ccccc1.FC(F)(F)c1cc([B-](c2cc(C(F)(F)F)cc(C(F)(F)F)c2)(c2cc(C(F)(F)F)cc(C(F)(F)F)c2)c2cc(C(F)(F)F)cc(C(F)(F)F)c2)cc(C(F)(F)F)c1. The minimum absolute atomic E-state index is 0.0205. The standard InChI is InChI=1S/C32H12BF24.C20H20NO/c34-25(35,36)13-1-14(26(37,38)39)6-21(5-13)33(22-7-15(27(40,41)42)2-16(8-22)28(43,44)45,23-9-17(29(46,47)48)3-18(10-23)30(49,50)51)24-11-19(31(52,53)54)4-20(12-24)32(55,56)57;1-15(2)20(22)19-18-11-7-6-10-17(18)12-13-21(19)14-16-8-4-3-5-9-16/h1-12H;3-13,15H,14H2,1-2H3/q-1;+1. The molecule has 0 saturated heterocycles. The van der Waals surface area contributed by atoms with Gasteiger partial charge in [0.1, 0.15) is 6.15 Å². The number of pyridine rings is 1. The van der Waals surface area contributed by atoms with Gasteiger partial charge in [-0.15, -0.1) is 0 Å². The number of fused-ring (bicyclic) bond motifs is 1. The second-order valence-electron chi connectivity index (χ2n) is 18.1. The molecule has 0 aliphatic carbocycles. The second-order valence-corrected chi connectivity index (χ2v) is 18.1. The van der Waals surface area contributed by atoms with Gasteiger partial charge in [0.05, 0.1) is 49.9 Å². The van der Waals surface area contributed by atoms with Crippen LogP contribution in [0.4, 0.5) is 105 Å². The lowest BCUT2D eigenvalue weighted by Gasteiger charge is -2.46. The van der Waals surface area contributed by atoms with Crippen molar-refractivity contribution in [2.75, 3.05) is 0 Å². The smallest absolute Gasteiger partial charge is 0.287 e. The molecule has 7 aromatic rings. The molecular formula is C52H32BF24NO. The van der Waals surface area contributed by atoms with Crippen LogP contribution < -0.4 is 26.4 Å². The molecule has 0 radical (unpaired) electrons. The monoisotopic (exact) mass is 1150 g/mol. The van der Waals surface area contributed by atoms with Crippen molar-refractivity contribution in [3.8, 4) is 0 Å². The maximum atomic E-state index is 14.2. The van der Waals surface area contributed by atoms with Crippen LogP contribution in [0.5, 0.6) is 0 Å². The first-order valence-corrected chi connectivity index (χ1v) is 22.3. The van der Waals surface area contributed by atoms with E-state index in [4.69, 9.17) is 0 Å². The number of carbonyl (C=O) groups excluding carboxylic acids is 1. The number of hydrogen-bond donors (Lipinski definition) is 0. The number of rotatable bonds is 8. The number of hydrogen-bond acceptors (Lipinski definition) is 1. The quantitative estimate of drug-likeness (QED) is 0.0643. The molecule has 0 spiro atoms. The molecule has 1 heterocycles. The molecule has 0 atom stereocenters. The molecule has 27 heteroatoms. The third kappa shape index (κ3) is 13.6. The number of alkyl halides is 24. The molecule has 7 rings (SSSR count). The van der Waals surface area contributed by atoms with Crippen molar-refractivity contribution >= 4 is 44.6 Å². The Hall–Kier alpha value is -7.22. The first kappa shape index (κ1) is 61.0. The first-order valence-electron chi connectivity index (χ1n) is 22.3. The average molecular weight is 1150 g/mol. The highest BCUT2D eigenvalue weighted by Crippen LogP contribution is 2.41. The number of halogens is 24. The lowest BCUT2D eigenvalue weighted by Crippen LogP contribution is -2.75. The van der Waals surface area contributed by atoms with Crippen LogP contribution in [0.3, 0.4) is 0 Å². The van der Waals surface area contributed by atoms with E-state index >= 15 is 0 Å². The van der Waals surface area contributed by atoms with Gasteiger partial charge in [0.15, 0.2) is 12.7 Å². The van der Waals surface area contributed by atoms with E-state index in [9.17, 15) is 110 Å². The fraction of sp³-hybridized carbons (Fsp3) is 0.231. The van der Waals surface area contributed by atoms with Gasteiger partial charge in [-0.25, -0.2) is 0 Å². The Morgan fingerprint density at radius 1 is 0.380 bits per heavy atom. The predicted octanol–water partition coefficient (Wildman–Crippen LogP) is 15.2. The van der Waals surface area contributed by atoms with Crippen molar-refractivity contribution in [2.45, 2.75) is 69.8 Å². The third-order valence-electron chi connectivity index (χ3n) is 12.3. The number of carbonyl (C=O) groups is 1. The highest BCUT2D eigenvalue weighted by Gasteiger charge is 2.47. The lowest BCUT2D eigenvalue weighted by molar-refractivity contribution is -0.688. The molecule has 79 heavy (non-hydrogen) atoms. The van der Waals surface area contributed by atoms with Crippen molar-refractivity contribution in [3.05, 3.63) is 195 Å². The number of aromatic nitrogens is 1. The van der Waals surface area contributed by atoms with Gasteiger partial charge in [-0.05, 0) is 35.7 Å².